The smallest absolute Gasteiger partial charge is 0.220 e. The fourth-order valence-electron chi connectivity index (χ4n) is 2.64. The summed E-state index contributed by atoms with van der Waals surface area (Å²) in [5.74, 6) is 0.223. The van der Waals surface area contributed by atoms with Crippen LogP contribution < -0.4 is 10.6 Å². The molecule has 1 fully saturated rings. The molecule has 0 saturated carbocycles. The molecular weight excluding hydrogens is 284 g/mol. The molecule has 1 heterocycles. The summed E-state index contributed by atoms with van der Waals surface area (Å²) < 4.78 is 0. The van der Waals surface area contributed by atoms with Crippen molar-refractivity contribution in [2.24, 2.45) is 0 Å². The number of carbonyl (C=O) groups excluding carboxylic acids is 1. The lowest BCUT2D eigenvalue weighted by Crippen LogP contribution is -2.42. The first kappa shape index (κ1) is 18.0. The predicted octanol–water partition coefficient (Wildman–Crippen LogP) is 3.00. The van der Waals surface area contributed by atoms with Crippen LogP contribution in [-0.2, 0) is 11.2 Å². The number of halogens is 1. The van der Waals surface area contributed by atoms with Crippen molar-refractivity contribution in [3.05, 3.63) is 35.4 Å². The Morgan fingerprint density at radius 1 is 1.19 bits per heavy atom. The largest absolute Gasteiger partial charge is 0.353 e. The third kappa shape index (κ3) is 6.96. The van der Waals surface area contributed by atoms with Crippen molar-refractivity contribution in [2.45, 2.75) is 51.5 Å². The van der Waals surface area contributed by atoms with Gasteiger partial charge >= 0.3 is 0 Å². The van der Waals surface area contributed by atoms with Gasteiger partial charge in [0.15, 0.2) is 0 Å². The van der Waals surface area contributed by atoms with Crippen LogP contribution in [0.4, 0.5) is 0 Å². The van der Waals surface area contributed by atoms with E-state index in [9.17, 15) is 4.79 Å². The Kier molecular flexibility index (Phi) is 8.40. The molecule has 2 N–H and O–H groups in total. The van der Waals surface area contributed by atoms with Crippen LogP contribution in [0.25, 0.3) is 0 Å². The normalized spacial score (nSPS) is 15.3. The second-order valence-corrected chi connectivity index (χ2v) is 5.78. The maximum atomic E-state index is 11.8. The monoisotopic (exact) mass is 310 g/mol. The molecule has 118 valence electrons. The molecule has 0 atom stereocenters. The van der Waals surface area contributed by atoms with Crippen molar-refractivity contribution in [2.75, 3.05) is 13.1 Å². The minimum Gasteiger partial charge on any atom is -0.353 e. The summed E-state index contributed by atoms with van der Waals surface area (Å²) >= 11 is 0. The molecule has 1 aromatic rings. The molecule has 21 heavy (non-hydrogen) atoms. The Hall–Kier alpha value is -1.06. The Balaban J connectivity index is 0.00000220. The van der Waals surface area contributed by atoms with E-state index in [4.69, 9.17) is 0 Å². The van der Waals surface area contributed by atoms with Crippen LogP contribution in [0.15, 0.2) is 24.3 Å². The van der Waals surface area contributed by atoms with Crippen LogP contribution in [0.1, 0.15) is 43.2 Å². The molecule has 2 rings (SSSR count). The van der Waals surface area contributed by atoms with Crippen molar-refractivity contribution in [3.63, 3.8) is 0 Å². The molecule has 3 nitrogen and oxygen atoms in total. The van der Waals surface area contributed by atoms with Crippen LogP contribution in [0, 0.1) is 6.92 Å². The minimum atomic E-state index is 0. The molecule has 1 amide bonds. The Bertz CT molecular complexity index is 413. The Morgan fingerprint density at radius 3 is 2.52 bits per heavy atom. The van der Waals surface area contributed by atoms with E-state index in [0.717, 1.165) is 45.2 Å². The lowest BCUT2D eigenvalue weighted by Gasteiger charge is -2.23. The number of hydrogen-bond donors (Lipinski definition) is 2. The van der Waals surface area contributed by atoms with Crippen molar-refractivity contribution in [1.82, 2.24) is 10.6 Å². The van der Waals surface area contributed by atoms with E-state index in [-0.39, 0.29) is 18.3 Å². The topological polar surface area (TPSA) is 41.1 Å². The number of amides is 1. The van der Waals surface area contributed by atoms with E-state index < -0.39 is 0 Å². The molecule has 1 aliphatic heterocycles. The summed E-state index contributed by atoms with van der Waals surface area (Å²) in [6.45, 7) is 4.16. The van der Waals surface area contributed by atoms with Crippen LogP contribution >= 0.6 is 12.4 Å². The lowest BCUT2D eigenvalue weighted by molar-refractivity contribution is -0.122. The Labute approximate surface area is 134 Å². The highest BCUT2D eigenvalue weighted by Gasteiger charge is 2.14. The van der Waals surface area contributed by atoms with Gasteiger partial charge < -0.3 is 10.6 Å². The SMILES string of the molecule is Cc1ccc(CCCCC(=O)NC2CCNCC2)cc1.Cl. The standard InChI is InChI=1S/C17H26N2O.ClH/c1-14-6-8-15(9-7-14)4-2-3-5-17(20)19-16-10-12-18-13-11-16;/h6-9,16,18H,2-5,10-13H2,1H3,(H,19,20);1H. The van der Waals surface area contributed by atoms with Crippen LogP contribution in [0.2, 0.25) is 0 Å². The van der Waals surface area contributed by atoms with Gasteiger partial charge in [-0.2, -0.15) is 0 Å². The van der Waals surface area contributed by atoms with Crippen molar-refractivity contribution in [3.8, 4) is 0 Å². The summed E-state index contributed by atoms with van der Waals surface area (Å²) in [4.78, 5) is 11.8. The van der Waals surface area contributed by atoms with Crippen LogP contribution in [-0.4, -0.2) is 25.0 Å². The number of aryl methyl sites for hydroxylation is 2. The number of nitrogens with one attached hydrogen (secondary N) is 2. The third-order valence-electron chi connectivity index (χ3n) is 3.94. The van der Waals surface area contributed by atoms with Gasteiger partial charge in [-0.15, -0.1) is 12.4 Å². The molecule has 0 aromatic heterocycles. The van der Waals surface area contributed by atoms with Gasteiger partial charge in [0.05, 0.1) is 0 Å². The number of carbonyl (C=O) groups is 1. The van der Waals surface area contributed by atoms with Crippen molar-refractivity contribution >= 4 is 18.3 Å². The fourth-order valence-corrected chi connectivity index (χ4v) is 2.64. The van der Waals surface area contributed by atoms with Crippen LogP contribution in [0.3, 0.4) is 0 Å². The van der Waals surface area contributed by atoms with Gasteiger partial charge in [0.1, 0.15) is 0 Å². The van der Waals surface area contributed by atoms with Gasteiger partial charge in [0, 0.05) is 12.5 Å². The quantitative estimate of drug-likeness (QED) is 0.793. The zero-order valence-corrected chi connectivity index (χ0v) is 13.7. The highest BCUT2D eigenvalue weighted by atomic mass is 35.5. The van der Waals surface area contributed by atoms with Gasteiger partial charge in [-0.3, -0.25) is 4.79 Å². The minimum absolute atomic E-state index is 0. The summed E-state index contributed by atoms with van der Waals surface area (Å²) in [7, 11) is 0. The molecule has 4 heteroatoms. The molecule has 1 aliphatic rings. The second-order valence-electron chi connectivity index (χ2n) is 5.78. The first-order valence-electron chi connectivity index (χ1n) is 7.79. The van der Waals surface area contributed by atoms with E-state index in [2.05, 4.69) is 41.8 Å². The molecule has 1 saturated heterocycles. The average Bonchev–Trinajstić information content (AvgIpc) is 2.46. The van der Waals surface area contributed by atoms with E-state index in [1.807, 2.05) is 0 Å². The number of unbranched alkanes of at least 4 members (excludes halogenated alkanes) is 1. The maximum absolute atomic E-state index is 11.8. The van der Waals surface area contributed by atoms with Gasteiger partial charge in [-0.05, 0) is 57.7 Å². The van der Waals surface area contributed by atoms with Gasteiger partial charge in [0.25, 0.3) is 0 Å². The van der Waals surface area contributed by atoms with Crippen molar-refractivity contribution in [1.29, 1.82) is 0 Å². The van der Waals surface area contributed by atoms with Gasteiger partial charge in [-0.1, -0.05) is 29.8 Å². The molecular formula is C17H27ClN2O. The van der Waals surface area contributed by atoms with E-state index in [1.54, 1.807) is 0 Å². The zero-order chi connectivity index (χ0) is 14.2. The lowest BCUT2D eigenvalue weighted by atomic mass is 10.0. The zero-order valence-electron chi connectivity index (χ0n) is 12.9. The molecule has 0 unspecified atom stereocenters. The number of piperidine rings is 1. The third-order valence-corrected chi connectivity index (χ3v) is 3.94. The van der Waals surface area contributed by atoms with Crippen molar-refractivity contribution < 1.29 is 4.79 Å². The van der Waals surface area contributed by atoms with E-state index in [1.165, 1.54) is 11.1 Å². The predicted molar refractivity (Wildman–Crippen MR) is 90.0 cm³/mol. The van der Waals surface area contributed by atoms with Crippen LogP contribution in [0.5, 0.6) is 0 Å². The highest BCUT2D eigenvalue weighted by molar-refractivity contribution is 5.85. The van der Waals surface area contributed by atoms with Gasteiger partial charge in [-0.25, -0.2) is 0 Å². The molecule has 0 bridgehead atoms. The molecule has 1 aromatic carbocycles. The van der Waals surface area contributed by atoms with E-state index >= 15 is 0 Å². The summed E-state index contributed by atoms with van der Waals surface area (Å²) in [6, 6.07) is 9.06. The summed E-state index contributed by atoms with van der Waals surface area (Å²) in [5.41, 5.74) is 2.67. The highest BCUT2D eigenvalue weighted by Crippen LogP contribution is 2.09. The first-order chi connectivity index (χ1) is 9.74. The summed E-state index contributed by atoms with van der Waals surface area (Å²) in [6.07, 6.45) is 5.92. The number of benzene rings is 1. The second kappa shape index (κ2) is 9.80. The molecule has 0 spiro atoms. The Morgan fingerprint density at radius 2 is 1.86 bits per heavy atom. The van der Waals surface area contributed by atoms with Gasteiger partial charge in [0.2, 0.25) is 5.91 Å². The average molecular weight is 311 g/mol. The molecule has 0 radical (unpaired) electrons. The summed E-state index contributed by atoms with van der Waals surface area (Å²) in [5, 5.41) is 6.46. The van der Waals surface area contributed by atoms with E-state index in [0.29, 0.717) is 12.5 Å². The maximum Gasteiger partial charge on any atom is 0.220 e. The molecule has 0 aliphatic carbocycles. The first-order valence-corrected chi connectivity index (χ1v) is 7.79. The number of rotatable bonds is 6. The number of hydrogen-bond acceptors (Lipinski definition) is 2. The fraction of sp³-hybridized carbons (Fsp3) is 0.588.